The van der Waals surface area contributed by atoms with Gasteiger partial charge < -0.3 is 15.0 Å². The summed E-state index contributed by atoms with van der Waals surface area (Å²) in [4.78, 5) is 13.5. The molecular weight excluding hydrogens is 216 g/mol. The highest BCUT2D eigenvalue weighted by Gasteiger charge is 2.18. The summed E-state index contributed by atoms with van der Waals surface area (Å²) in [5.41, 5.74) is 0.160. The molecule has 0 amide bonds. The Balaban J connectivity index is 3.64. The van der Waals surface area contributed by atoms with Gasteiger partial charge in [0.05, 0.1) is 13.2 Å². The minimum absolute atomic E-state index is 0.154. The number of carbonyl (C=O) groups is 1. The van der Waals surface area contributed by atoms with Crippen LogP contribution in [0.2, 0.25) is 0 Å². The van der Waals surface area contributed by atoms with Gasteiger partial charge in [-0.05, 0) is 25.9 Å². The molecule has 0 saturated heterocycles. The van der Waals surface area contributed by atoms with Gasteiger partial charge in [-0.15, -0.1) is 0 Å². The molecule has 0 aliphatic carbocycles. The zero-order chi connectivity index (χ0) is 13.3. The van der Waals surface area contributed by atoms with Crippen LogP contribution in [0.4, 0.5) is 0 Å². The summed E-state index contributed by atoms with van der Waals surface area (Å²) in [5.74, 6) is -0.154. The van der Waals surface area contributed by atoms with Gasteiger partial charge >= 0.3 is 5.97 Å². The van der Waals surface area contributed by atoms with Gasteiger partial charge in [-0.3, -0.25) is 4.79 Å². The fourth-order valence-corrected chi connectivity index (χ4v) is 1.80. The van der Waals surface area contributed by atoms with Gasteiger partial charge in [0.2, 0.25) is 0 Å². The summed E-state index contributed by atoms with van der Waals surface area (Å²) in [7, 11) is 4.11. The van der Waals surface area contributed by atoms with Crippen molar-refractivity contribution >= 4 is 5.97 Å². The van der Waals surface area contributed by atoms with Crippen molar-refractivity contribution in [3.05, 3.63) is 0 Å². The van der Waals surface area contributed by atoms with Crippen LogP contribution in [0.5, 0.6) is 0 Å². The Morgan fingerprint density at radius 2 is 2.00 bits per heavy atom. The number of ether oxygens (including phenoxy) is 1. The number of nitrogens with zero attached hydrogens (tertiary/aromatic N) is 1. The number of carbonyl (C=O) groups excluding carboxylic acids is 1. The van der Waals surface area contributed by atoms with Crippen molar-refractivity contribution < 1.29 is 9.53 Å². The Morgan fingerprint density at radius 3 is 2.53 bits per heavy atom. The van der Waals surface area contributed by atoms with Crippen LogP contribution in [0.15, 0.2) is 0 Å². The molecule has 4 heteroatoms. The van der Waals surface area contributed by atoms with Gasteiger partial charge in [-0.2, -0.15) is 0 Å². The average molecular weight is 244 g/mol. The van der Waals surface area contributed by atoms with Crippen LogP contribution in [0.1, 0.15) is 33.6 Å². The molecule has 0 rings (SSSR count). The lowest BCUT2D eigenvalue weighted by molar-refractivity contribution is -0.142. The molecule has 102 valence electrons. The largest absolute Gasteiger partial charge is 0.465 e. The van der Waals surface area contributed by atoms with Crippen LogP contribution in [-0.4, -0.2) is 51.2 Å². The molecule has 0 atom stereocenters. The Labute approximate surface area is 106 Å². The second kappa shape index (κ2) is 8.48. The Morgan fingerprint density at radius 1 is 1.35 bits per heavy atom. The highest BCUT2D eigenvalue weighted by molar-refractivity contribution is 5.71. The van der Waals surface area contributed by atoms with Crippen molar-refractivity contribution in [1.29, 1.82) is 0 Å². The van der Waals surface area contributed by atoms with Gasteiger partial charge in [-0.1, -0.05) is 27.2 Å². The first-order valence-electron chi connectivity index (χ1n) is 6.38. The Kier molecular flexibility index (Phi) is 8.17. The highest BCUT2D eigenvalue weighted by atomic mass is 16.5. The molecule has 0 aromatic heterocycles. The lowest BCUT2D eigenvalue weighted by Gasteiger charge is -2.28. The van der Waals surface area contributed by atoms with Crippen molar-refractivity contribution in [3.63, 3.8) is 0 Å². The summed E-state index contributed by atoms with van der Waals surface area (Å²) in [6.07, 6.45) is 1.99. The molecule has 0 aromatic rings. The average Bonchev–Trinajstić information content (AvgIpc) is 2.15. The molecule has 0 bridgehead atoms. The number of esters is 1. The molecule has 0 saturated carbocycles. The van der Waals surface area contributed by atoms with Crippen molar-refractivity contribution in [2.24, 2.45) is 5.41 Å². The minimum atomic E-state index is -0.154. The van der Waals surface area contributed by atoms with E-state index in [1.807, 2.05) is 0 Å². The topological polar surface area (TPSA) is 41.6 Å². The quantitative estimate of drug-likeness (QED) is 0.493. The number of rotatable bonds is 9. The van der Waals surface area contributed by atoms with E-state index < -0.39 is 0 Å². The lowest BCUT2D eigenvalue weighted by Crippen LogP contribution is -2.39. The van der Waals surface area contributed by atoms with Crippen LogP contribution in [-0.2, 0) is 9.53 Å². The van der Waals surface area contributed by atoms with E-state index in [2.05, 4.69) is 45.1 Å². The molecule has 0 radical (unpaired) electrons. The Bertz CT molecular complexity index is 215. The smallest absolute Gasteiger partial charge is 0.319 e. The number of unbranched alkanes of at least 4 members (excludes halogenated alkanes) is 1. The van der Waals surface area contributed by atoms with Crippen molar-refractivity contribution in [1.82, 2.24) is 10.2 Å². The molecule has 1 N–H and O–H groups in total. The van der Waals surface area contributed by atoms with E-state index in [0.29, 0.717) is 13.2 Å². The molecule has 0 aliphatic rings. The zero-order valence-corrected chi connectivity index (χ0v) is 12.0. The second-order valence-electron chi connectivity index (χ2n) is 5.58. The SMILES string of the molecule is CCCCOC(=O)CNCC(C)(C)CN(C)C. The molecule has 0 aliphatic heterocycles. The molecule has 4 nitrogen and oxygen atoms in total. The van der Waals surface area contributed by atoms with Crippen molar-refractivity contribution in [3.8, 4) is 0 Å². The molecule has 0 aromatic carbocycles. The van der Waals surface area contributed by atoms with E-state index in [0.717, 1.165) is 25.9 Å². The maximum Gasteiger partial charge on any atom is 0.319 e. The van der Waals surface area contributed by atoms with Gasteiger partial charge in [0.1, 0.15) is 0 Å². The Hall–Kier alpha value is -0.610. The summed E-state index contributed by atoms with van der Waals surface area (Å²) in [6, 6.07) is 0. The first-order chi connectivity index (χ1) is 7.87. The van der Waals surface area contributed by atoms with Crippen LogP contribution in [0.25, 0.3) is 0 Å². The number of nitrogens with one attached hydrogen (secondary N) is 1. The zero-order valence-electron chi connectivity index (χ0n) is 12.0. The molecule has 0 heterocycles. The normalized spacial score (nSPS) is 11.9. The van der Waals surface area contributed by atoms with Crippen LogP contribution in [0, 0.1) is 5.41 Å². The third-order valence-corrected chi connectivity index (χ3v) is 2.38. The molecule has 0 spiro atoms. The summed E-state index contributed by atoms with van der Waals surface area (Å²) < 4.78 is 5.07. The summed E-state index contributed by atoms with van der Waals surface area (Å²) in [5, 5.41) is 3.16. The fourth-order valence-electron chi connectivity index (χ4n) is 1.80. The van der Waals surface area contributed by atoms with Gasteiger partial charge in [0, 0.05) is 13.1 Å². The van der Waals surface area contributed by atoms with Crippen LogP contribution < -0.4 is 5.32 Å². The predicted octanol–water partition coefficient (Wildman–Crippen LogP) is 1.51. The minimum Gasteiger partial charge on any atom is -0.465 e. The highest BCUT2D eigenvalue weighted by Crippen LogP contribution is 2.13. The molecule has 0 fully saturated rings. The first kappa shape index (κ1) is 16.4. The number of hydrogen-bond acceptors (Lipinski definition) is 4. The lowest BCUT2D eigenvalue weighted by atomic mass is 9.93. The standard InChI is InChI=1S/C13H28N2O2/c1-6-7-8-17-12(16)9-14-10-13(2,3)11-15(4)5/h14H,6-11H2,1-5H3. The predicted molar refractivity (Wildman–Crippen MR) is 71.1 cm³/mol. The van der Waals surface area contributed by atoms with E-state index in [-0.39, 0.29) is 11.4 Å². The number of hydrogen-bond donors (Lipinski definition) is 1. The summed E-state index contributed by atoms with van der Waals surface area (Å²) in [6.45, 7) is 9.10. The van der Waals surface area contributed by atoms with E-state index in [4.69, 9.17) is 4.74 Å². The van der Waals surface area contributed by atoms with Crippen LogP contribution in [0.3, 0.4) is 0 Å². The monoisotopic (exact) mass is 244 g/mol. The van der Waals surface area contributed by atoms with Crippen molar-refractivity contribution in [2.75, 3.05) is 40.3 Å². The van der Waals surface area contributed by atoms with E-state index in [9.17, 15) is 4.79 Å². The van der Waals surface area contributed by atoms with Gasteiger partial charge in [-0.25, -0.2) is 0 Å². The van der Waals surface area contributed by atoms with E-state index in [1.165, 1.54) is 0 Å². The molecule has 17 heavy (non-hydrogen) atoms. The summed E-state index contributed by atoms with van der Waals surface area (Å²) >= 11 is 0. The van der Waals surface area contributed by atoms with Gasteiger partial charge in [0.15, 0.2) is 0 Å². The van der Waals surface area contributed by atoms with Crippen LogP contribution >= 0.6 is 0 Å². The van der Waals surface area contributed by atoms with E-state index in [1.54, 1.807) is 0 Å². The molecular formula is C13H28N2O2. The molecule has 0 unspecified atom stereocenters. The first-order valence-corrected chi connectivity index (χ1v) is 6.38. The van der Waals surface area contributed by atoms with Gasteiger partial charge in [0.25, 0.3) is 0 Å². The maximum atomic E-state index is 11.3. The second-order valence-corrected chi connectivity index (χ2v) is 5.58. The maximum absolute atomic E-state index is 11.3. The third kappa shape index (κ3) is 10.3. The van der Waals surface area contributed by atoms with E-state index >= 15 is 0 Å². The van der Waals surface area contributed by atoms with Crippen molar-refractivity contribution in [2.45, 2.75) is 33.6 Å². The third-order valence-electron chi connectivity index (χ3n) is 2.38. The fraction of sp³-hybridized carbons (Fsp3) is 0.923.